The first kappa shape index (κ1) is 9.46. The van der Waals surface area contributed by atoms with Crippen molar-refractivity contribution in [2.24, 2.45) is 0 Å². The lowest BCUT2D eigenvalue weighted by molar-refractivity contribution is 0.622. The van der Waals surface area contributed by atoms with Crippen molar-refractivity contribution in [3.63, 3.8) is 0 Å². The highest BCUT2D eigenvalue weighted by molar-refractivity contribution is 14.1. The molecule has 0 saturated carbocycles. The average Bonchev–Trinajstić information content (AvgIpc) is 2.04. The van der Waals surface area contributed by atoms with Crippen LogP contribution in [0.1, 0.15) is 22.0 Å². The molecule has 0 aromatic heterocycles. The lowest BCUT2D eigenvalue weighted by Gasteiger charge is -2.03. The van der Waals surface area contributed by atoms with E-state index in [9.17, 15) is 4.39 Å². The van der Waals surface area contributed by atoms with E-state index < -0.39 is 5.82 Å². The largest absolute Gasteiger partial charge is 0.206 e. The third kappa shape index (κ3) is 1.95. The van der Waals surface area contributed by atoms with Gasteiger partial charge in [-0.15, -0.1) is 0 Å². The molecule has 1 unspecified atom stereocenters. The lowest BCUT2D eigenvalue weighted by Crippen LogP contribution is -1.88. The van der Waals surface area contributed by atoms with Gasteiger partial charge in [0.2, 0.25) is 0 Å². The summed E-state index contributed by atoms with van der Waals surface area (Å²) in [7, 11) is 0. The monoisotopic (exact) mass is 275 g/mol. The number of rotatable bonds is 1. The number of halogens is 2. The van der Waals surface area contributed by atoms with Crippen molar-refractivity contribution in [2.45, 2.75) is 10.8 Å². The summed E-state index contributed by atoms with van der Waals surface area (Å²) in [6.45, 7) is 1.97. The Morgan fingerprint density at radius 1 is 1.58 bits per heavy atom. The molecule has 1 nitrogen and oxygen atoms in total. The maximum atomic E-state index is 13.0. The zero-order chi connectivity index (χ0) is 9.14. The van der Waals surface area contributed by atoms with Crippen molar-refractivity contribution in [3.8, 4) is 6.07 Å². The molecule has 3 heteroatoms. The van der Waals surface area contributed by atoms with Crippen LogP contribution in [-0.2, 0) is 0 Å². The standard InChI is InChI=1S/C9H7FIN/c1-6(11)7-2-3-8(5-12)9(10)4-7/h2-4,6H,1H3. The average molecular weight is 275 g/mol. The van der Waals surface area contributed by atoms with Gasteiger partial charge in [0.05, 0.1) is 5.56 Å². The van der Waals surface area contributed by atoms with Crippen LogP contribution in [0, 0.1) is 17.1 Å². The number of alkyl halides is 1. The van der Waals surface area contributed by atoms with E-state index in [1.807, 2.05) is 6.92 Å². The Labute approximate surface area is 84.3 Å². The zero-order valence-electron chi connectivity index (χ0n) is 6.51. The van der Waals surface area contributed by atoms with Crippen molar-refractivity contribution in [2.75, 3.05) is 0 Å². The summed E-state index contributed by atoms with van der Waals surface area (Å²) >= 11 is 2.20. The summed E-state index contributed by atoms with van der Waals surface area (Å²) in [5, 5.41) is 8.46. The topological polar surface area (TPSA) is 23.8 Å². The Bertz CT molecular complexity index is 328. The van der Waals surface area contributed by atoms with E-state index in [1.165, 1.54) is 12.1 Å². The number of nitrogens with zero attached hydrogens (tertiary/aromatic N) is 1. The van der Waals surface area contributed by atoms with Gasteiger partial charge in [-0.2, -0.15) is 5.26 Å². The van der Waals surface area contributed by atoms with Crippen LogP contribution in [0.5, 0.6) is 0 Å². The van der Waals surface area contributed by atoms with Crippen LogP contribution >= 0.6 is 22.6 Å². The van der Waals surface area contributed by atoms with Gasteiger partial charge >= 0.3 is 0 Å². The third-order valence-electron chi connectivity index (χ3n) is 1.57. The number of nitriles is 1. The van der Waals surface area contributed by atoms with Crippen LogP contribution in [0.2, 0.25) is 0 Å². The molecule has 0 amide bonds. The summed E-state index contributed by atoms with van der Waals surface area (Å²) in [6, 6.07) is 6.49. The molecule has 1 rings (SSSR count). The second-order valence-corrected chi connectivity index (χ2v) is 4.34. The fourth-order valence-corrected chi connectivity index (χ4v) is 1.26. The minimum atomic E-state index is -0.432. The van der Waals surface area contributed by atoms with E-state index >= 15 is 0 Å². The van der Waals surface area contributed by atoms with E-state index in [2.05, 4.69) is 22.6 Å². The molecule has 0 heterocycles. The van der Waals surface area contributed by atoms with E-state index in [0.717, 1.165) is 5.56 Å². The van der Waals surface area contributed by atoms with E-state index in [-0.39, 0.29) is 9.49 Å². The molecule has 62 valence electrons. The Morgan fingerprint density at radius 2 is 2.25 bits per heavy atom. The minimum absolute atomic E-state index is 0.107. The molecule has 0 saturated heterocycles. The molecule has 12 heavy (non-hydrogen) atoms. The van der Waals surface area contributed by atoms with Crippen LogP contribution in [0.4, 0.5) is 4.39 Å². The zero-order valence-corrected chi connectivity index (χ0v) is 8.67. The fraction of sp³-hybridized carbons (Fsp3) is 0.222. The first-order valence-electron chi connectivity index (χ1n) is 3.48. The molecule has 0 spiro atoms. The lowest BCUT2D eigenvalue weighted by atomic mass is 10.1. The SMILES string of the molecule is CC(I)c1ccc(C#N)c(F)c1. The molecule has 0 bridgehead atoms. The van der Waals surface area contributed by atoms with Gasteiger partial charge in [0.15, 0.2) is 0 Å². The second-order valence-electron chi connectivity index (χ2n) is 2.47. The van der Waals surface area contributed by atoms with Crippen molar-refractivity contribution >= 4 is 22.6 Å². The van der Waals surface area contributed by atoms with Crippen molar-refractivity contribution in [3.05, 3.63) is 35.1 Å². The highest BCUT2D eigenvalue weighted by atomic mass is 127. The van der Waals surface area contributed by atoms with Gasteiger partial charge in [-0.25, -0.2) is 4.39 Å². The smallest absolute Gasteiger partial charge is 0.141 e. The summed E-state index contributed by atoms with van der Waals surface area (Å²) in [4.78, 5) is 0. The summed E-state index contributed by atoms with van der Waals surface area (Å²) in [5.74, 6) is -0.432. The Balaban J connectivity index is 3.12. The summed E-state index contributed by atoms with van der Waals surface area (Å²) < 4.78 is 13.3. The predicted octanol–water partition coefficient (Wildman–Crippen LogP) is 3.19. The summed E-state index contributed by atoms with van der Waals surface area (Å²) in [5.41, 5.74) is 1.02. The Hall–Kier alpha value is -0.630. The first-order valence-corrected chi connectivity index (χ1v) is 4.73. The molecular weight excluding hydrogens is 268 g/mol. The van der Waals surface area contributed by atoms with Crippen LogP contribution in [0.3, 0.4) is 0 Å². The van der Waals surface area contributed by atoms with Gasteiger partial charge in [-0.1, -0.05) is 28.7 Å². The van der Waals surface area contributed by atoms with Gasteiger partial charge in [-0.05, 0) is 24.6 Å². The van der Waals surface area contributed by atoms with Crippen molar-refractivity contribution in [1.82, 2.24) is 0 Å². The second kappa shape index (κ2) is 3.85. The van der Waals surface area contributed by atoms with Gasteiger partial charge in [0, 0.05) is 3.92 Å². The Kier molecular flexibility index (Phi) is 3.04. The number of hydrogen-bond donors (Lipinski definition) is 0. The maximum absolute atomic E-state index is 13.0. The molecular formula is C9H7FIN. The normalized spacial score (nSPS) is 12.2. The highest BCUT2D eigenvalue weighted by Gasteiger charge is 2.05. The van der Waals surface area contributed by atoms with Crippen LogP contribution in [-0.4, -0.2) is 0 Å². The fourth-order valence-electron chi connectivity index (χ4n) is 0.869. The molecule has 0 N–H and O–H groups in total. The minimum Gasteiger partial charge on any atom is -0.206 e. The molecule has 1 atom stereocenters. The van der Waals surface area contributed by atoms with Gasteiger partial charge in [0.25, 0.3) is 0 Å². The molecule has 0 radical (unpaired) electrons. The van der Waals surface area contributed by atoms with Crippen LogP contribution < -0.4 is 0 Å². The Morgan fingerprint density at radius 3 is 2.67 bits per heavy atom. The van der Waals surface area contributed by atoms with E-state index in [4.69, 9.17) is 5.26 Å². The van der Waals surface area contributed by atoms with Crippen molar-refractivity contribution in [1.29, 1.82) is 5.26 Å². The van der Waals surface area contributed by atoms with E-state index in [0.29, 0.717) is 0 Å². The number of hydrogen-bond acceptors (Lipinski definition) is 1. The van der Waals surface area contributed by atoms with E-state index in [1.54, 1.807) is 12.1 Å². The maximum Gasteiger partial charge on any atom is 0.141 e. The summed E-state index contributed by atoms with van der Waals surface area (Å²) in [6.07, 6.45) is 0. The molecule has 1 aromatic carbocycles. The van der Waals surface area contributed by atoms with Crippen LogP contribution in [0.25, 0.3) is 0 Å². The predicted molar refractivity (Wildman–Crippen MR) is 53.6 cm³/mol. The highest BCUT2D eigenvalue weighted by Crippen LogP contribution is 2.23. The van der Waals surface area contributed by atoms with Gasteiger partial charge in [-0.3, -0.25) is 0 Å². The molecule has 0 aliphatic carbocycles. The van der Waals surface area contributed by atoms with Crippen molar-refractivity contribution < 1.29 is 4.39 Å². The van der Waals surface area contributed by atoms with Gasteiger partial charge < -0.3 is 0 Å². The van der Waals surface area contributed by atoms with Crippen LogP contribution in [0.15, 0.2) is 18.2 Å². The molecule has 0 aliphatic heterocycles. The quantitative estimate of drug-likeness (QED) is 0.570. The van der Waals surface area contributed by atoms with Gasteiger partial charge in [0.1, 0.15) is 11.9 Å². The first-order chi connectivity index (χ1) is 5.65. The molecule has 0 aliphatic rings. The third-order valence-corrected chi connectivity index (χ3v) is 2.29. The number of benzene rings is 1. The molecule has 0 fully saturated rings. The molecule has 1 aromatic rings.